The molecule has 0 aromatic carbocycles. The molecule has 0 aromatic rings. The van der Waals surface area contributed by atoms with Crippen molar-refractivity contribution in [3.63, 3.8) is 0 Å². The van der Waals surface area contributed by atoms with E-state index >= 15 is 0 Å². The van der Waals surface area contributed by atoms with Crippen molar-refractivity contribution in [2.75, 3.05) is 6.54 Å². The molecule has 1 saturated heterocycles. The van der Waals surface area contributed by atoms with E-state index < -0.39 is 23.8 Å². The van der Waals surface area contributed by atoms with E-state index in [1.54, 1.807) is 6.92 Å². The minimum absolute atomic E-state index is 0.107. The third-order valence-corrected chi connectivity index (χ3v) is 3.00. The summed E-state index contributed by atoms with van der Waals surface area (Å²) in [7, 11) is 0. The predicted octanol–water partition coefficient (Wildman–Crippen LogP) is 1.50. The lowest BCUT2D eigenvalue weighted by Crippen LogP contribution is -2.54. The van der Waals surface area contributed by atoms with Crippen LogP contribution in [-0.4, -0.2) is 40.4 Å². The highest BCUT2D eigenvalue weighted by Crippen LogP contribution is 2.34. The lowest BCUT2D eigenvalue weighted by atomic mass is 9.90. The van der Waals surface area contributed by atoms with Gasteiger partial charge in [0.25, 0.3) is 5.91 Å². The van der Waals surface area contributed by atoms with Gasteiger partial charge in [0.1, 0.15) is 5.54 Å². The maximum Gasteiger partial charge on any atom is 0.329 e. The fourth-order valence-corrected chi connectivity index (χ4v) is 2.32. The Morgan fingerprint density at radius 2 is 2.12 bits per heavy atom. The van der Waals surface area contributed by atoms with Crippen LogP contribution in [-0.2, 0) is 9.59 Å². The van der Waals surface area contributed by atoms with Crippen LogP contribution in [0, 0.1) is 0 Å². The fraction of sp³-hybridized carbons (Fsp3) is 0.800. The SMILES string of the molecule is CCCC1(C(=O)O)CCCN1C(=O)C(F)F. The first-order valence-electron chi connectivity index (χ1n) is 5.28. The van der Waals surface area contributed by atoms with E-state index in [2.05, 4.69) is 0 Å². The molecule has 0 saturated carbocycles. The molecule has 92 valence electrons. The highest BCUT2D eigenvalue weighted by atomic mass is 19.3. The van der Waals surface area contributed by atoms with Crippen molar-refractivity contribution in [1.82, 2.24) is 4.90 Å². The van der Waals surface area contributed by atoms with Crippen molar-refractivity contribution in [3.8, 4) is 0 Å². The molecule has 1 amide bonds. The Bertz CT molecular complexity index is 296. The Labute approximate surface area is 92.2 Å². The molecule has 1 N–H and O–H groups in total. The van der Waals surface area contributed by atoms with Crippen LogP contribution in [0.5, 0.6) is 0 Å². The van der Waals surface area contributed by atoms with Gasteiger partial charge in [-0.15, -0.1) is 0 Å². The minimum atomic E-state index is -3.13. The predicted molar refractivity (Wildman–Crippen MR) is 52.2 cm³/mol. The second-order valence-electron chi connectivity index (χ2n) is 3.98. The van der Waals surface area contributed by atoms with Gasteiger partial charge >= 0.3 is 12.4 Å². The maximum absolute atomic E-state index is 12.3. The van der Waals surface area contributed by atoms with Gasteiger partial charge in [0.05, 0.1) is 0 Å². The third-order valence-electron chi connectivity index (χ3n) is 3.00. The molecule has 4 nitrogen and oxygen atoms in total. The summed E-state index contributed by atoms with van der Waals surface area (Å²) in [5.41, 5.74) is -1.41. The van der Waals surface area contributed by atoms with Gasteiger partial charge in [-0.25, -0.2) is 4.79 Å². The summed E-state index contributed by atoms with van der Waals surface area (Å²) in [4.78, 5) is 23.3. The van der Waals surface area contributed by atoms with E-state index in [0.717, 1.165) is 4.90 Å². The van der Waals surface area contributed by atoms with Crippen LogP contribution in [0.4, 0.5) is 8.78 Å². The monoisotopic (exact) mass is 235 g/mol. The van der Waals surface area contributed by atoms with E-state index in [-0.39, 0.29) is 19.4 Å². The number of likely N-dealkylation sites (tertiary alicyclic amines) is 1. The van der Waals surface area contributed by atoms with E-state index in [1.165, 1.54) is 0 Å². The molecule has 0 radical (unpaired) electrons. The highest BCUT2D eigenvalue weighted by molar-refractivity contribution is 5.89. The zero-order valence-electron chi connectivity index (χ0n) is 9.08. The number of rotatable bonds is 4. The maximum atomic E-state index is 12.3. The number of hydrogen-bond acceptors (Lipinski definition) is 2. The van der Waals surface area contributed by atoms with Gasteiger partial charge in [-0.1, -0.05) is 13.3 Å². The lowest BCUT2D eigenvalue weighted by molar-refractivity contribution is -0.162. The number of halogens is 2. The Morgan fingerprint density at radius 3 is 2.56 bits per heavy atom. The quantitative estimate of drug-likeness (QED) is 0.803. The van der Waals surface area contributed by atoms with Gasteiger partial charge in [0.2, 0.25) is 0 Å². The number of aliphatic carboxylic acids is 1. The summed E-state index contributed by atoms with van der Waals surface area (Å²) in [6, 6.07) is 0. The molecule has 0 bridgehead atoms. The van der Waals surface area contributed by atoms with Crippen molar-refractivity contribution in [3.05, 3.63) is 0 Å². The zero-order valence-corrected chi connectivity index (χ0v) is 9.08. The zero-order chi connectivity index (χ0) is 12.3. The van der Waals surface area contributed by atoms with Crippen LogP contribution in [0.1, 0.15) is 32.6 Å². The van der Waals surface area contributed by atoms with Crippen molar-refractivity contribution in [1.29, 1.82) is 0 Å². The molecule has 1 unspecified atom stereocenters. The molecule has 1 fully saturated rings. The van der Waals surface area contributed by atoms with Gasteiger partial charge in [-0.3, -0.25) is 4.79 Å². The molecular weight excluding hydrogens is 220 g/mol. The first kappa shape index (κ1) is 12.9. The average molecular weight is 235 g/mol. The normalized spacial score (nSPS) is 25.1. The van der Waals surface area contributed by atoms with Crippen LogP contribution in [0.2, 0.25) is 0 Å². The van der Waals surface area contributed by atoms with Gasteiger partial charge in [-0.05, 0) is 19.3 Å². The van der Waals surface area contributed by atoms with Crippen molar-refractivity contribution >= 4 is 11.9 Å². The largest absolute Gasteiger partial charge is 0.479 e. The van der Waals surface area contributed by atoms with Gasteiger partial charge in [0, 0.05) is 6.54 Å². The standard InChI is InChI=1S/C10H15F2NO3/c1-2-4-10(9(15)16)5-3-6-13(10)8(14)7(11)12/h7H,2-6H2,1H3,(H,15,16). The molecule has 1 atom stereocenters. The van der Waals surface area contributed by atoms with Crippen LogP contribution < -0.4 is 0 Å². The molecule has 0 aliphatic carbocycles. The summed E-state index contributed by atoms with van der Waals surface area (Å²) in [5, 5.41) is 9.16. The molecule has 1 aliphatic heterocycles. The number of carbonyl (C=O) groups is 2. The molecule has 1 aliphatic rings. The fourth-order valence-electron chi connectivity index (χ4n) is 2.32. The van der Waals surface area contributed by atoms with Crippen LogP contribution in [0.3, 0.4) is 0 Å². The number of alkyl halides is 2. The number of nitrogens with zero attached hydrogens (tertiary/aromatic N) is 1. The summed E-state index contributed by atoms with van der Waals surface area (Å²) in [6.45, 7) is 1.88. The topological polar surface area (TPSA) is 57.6 Å². The minimum Gasteiger partial charge on any atom is -0.479 e. The van der Waals surface area contributed by atoms with Crippen LogP contribution in [0.25, 0.3) is 0 Å². The molecular formula is C10H15F2NO3. The number of carbonyl (C=O) groups excluding carboxylic acids is 1. The molecule has 16 heavy (non-hydrogen) atoms. The summed E-state index contributed by atoms with van der Waals surface area (Å²) >= 11 is 0. The Morgan fingerprint density at radius 1 is 1.50 bits per heavy atom. The summed E-state index contributed by atoms with van der Waals surface area (Å²) < 4.78 is 24.7. The second kappa shape index (κ2) is 4.76. The molecule has 0 aromatic heterocycles. The average Bonchev–Trinajstić information content (AvgIpc) is 2.62. The van der Waals surface area contributed by atoms with Gasteiger partial charge in [0.15, 0.2) is 0 Å². The summed E-state index contributed by atoms with van der Waals surface area (Å²) in [5.74, 6) is -2.55. The highest BCUT2D eigenvalue weighted by Gasteiger charge is 2.50. The van der Waals surface area contributed by atoms with E-state index in [4.69, 9.17) is 5.11 Å². The molecule has 0 spiro atoms. The van der Waals surface area contributed by atoms with Gasteiger partial charge in [-0.2, -0.15) is 8.78 Å². The number of carboxylic acid groups (broad SMARTS) is 1. The molecule has 1 rings (SSSR count). The van der Waals surface area contributed by atoms with E-state index in [0.29, 0.717) is 12.8 Å². The first-order valence-corrected chi connectivity index (χ1v) is 5.28. The first-order chi connectivity index (χ1) is 7.45. The van der Waals surface area contributed by atoms with Crippen molar-refractivity contribution in [2.24, 2.45) is 0 Å². The third kappa shape index (κ3) is 2.01. The van der Waals surface area contributed by atoms with E-state index in [9.17, 15) is 18.4 Å². The number of carboxylic acids is 1. The lowest BCUT2D eigenvalue weighted by Gasteiger charge is -2.34. The molecule has 6 heteroatoms. The number of hydrogen-bond donors (Lipinski definition) is 1. The number of amides is 1. The van der Waals surface area contributed by atoms with E-state index in [1.807, 2.05) is 0 Å². The molecule has 1 heterocycles. The van der Waals surface area contributed by atoms with Crippen molar-refractivity contribution in [2.45, 2.75) is 44.6 Å². The Hall–Kier alpha value is -1.20. The van der Waals surface area contributed by atoms with Crippen LogP contribution in [0.15, 0.2) is 0 Å². The van der Waals surface area contributed by atoms with Crippen LogP contribution >= 0.6 is 0 Å². The smallest absolute Gasteiger partial charge is 0.329 e. The Balaban J connectivity index is 2.98. The Kier molecular flexibility index (Phi) is 3.83. The second-order valence-corrected chi connectivity index (χ2v) is 3.98. The van der Waals surface area contributed by atoms with Crippen molar-refractivity contribution < 1.29 is 23.5 Å². The summed E-state index contributed by atoms with van der Waals surface area (Å²) in [6.07, 6.45) is -1.65. The van der Waals surface area contributed by atoms with Gasteiger partial charge < -0.3 is 10.0 Å².